The molecule has 0 spiro atoms. The Morgan fingerprint density at radius 3 is 1.09 bits per heavy atom. The highest BCUT2D eigenvalue weighted by Crippen LogP contribution is 2.37. The van der Waals surface area contributed by atoms with E-state index in [2.05, 4.69) is 20.5 Å². The highest BCUT2D eigenvalue weighted by Gasteiger charge is 2.24. The van der Waals surface area contributed by atoms with Crippen molar-refractivity contribution in [1.82, 2.24) is 0 Å². The number of carboxylic acids is 2. The van der Waals surface area contributed by atoms with Crippen molar-refractivity contribution >= 4 is 54.9 Å². The maximum Gasteiger partial charge on any atom is 0.339 e. The van der Waals surface area contributed by atoms with Gasteiger partial charge in [-0.15, -0.1) is 0 Å². The van der Waals surface area contributed by atoms with E-state index in [9.17, 15) is 45.7 Å². The molecule has 0 bridgehead atoms. The van der Waals surface area contributed by atoms with E-state index in [1.807, 2.05) is 0 Å². The number of aromatic hydroxyl groups is 2. The molecule has 16 nitrogen and oxygen atoms in total. The first-order valence-corrected chi connectivity index (χ1v) is 14.6. The molecule has 0 unspecified atom stereocenters. The van der Waals surface area contributed by atoms with Crippen LogP contribution in [0.1, 0.15) is 20.7 Å². The molecule has 226 valence electrons. The Labute approximate surface area is 247 Å². The number of hydrogen-bond acceptors (Lipinski definition) is 12. The Morgan fingerprint density at radius 1 is 0.500 bits per heavy atom. The molecule has 0 aliphatic rings. The van der Waals surface area contributed by atoms with Crippen LogP contribution in [0.3, 0.4) is 0 Å². The summed E-state index contributed by atoms with van der Waals surface area (Å²) in [5.74, 6) is -3.92. The number of aromatic carboxylic acids is 2. The number of azo groups is 2. The summed E-state index contributed by atoms with van der Waals surface area (Å²) in [6, 6.07) is 12.8. The van der Waals surface area contributed by atoms with Crippen LogP contribution < -0.4 is 0 Å². The quantitative estimate of drug-likeness (QED) is 0.0977. The third-order valence-corrected chi connectivity index (χ3v) is 7.55. The molecular weight excluding hydrogens is 624 g/mol. The van der Waals surface area contributed by atoms with Crippen LogP contribution in [0.4, 0.5) is 22.7 Å². The third-order valence-electron chi connectivity index (χ3n) is 5.76. The lowest BCUT2D eigenvalue weighted by Gasteiger charge is -2.12. The molecule has 4 aromatic rings. The zero-order chi connectivity index (χ0) is 32.4. The van der Waals surface area contributed by atoms with Gasteiger partial charge in [0.05, 0.1) is 22.7 Å². The summed E-state index contributed by atoms with van der Waals surface area (Å²) in [5.41, 5.74) is -2.06. The lowest BCUT2D eigenvalue weighted by atomic mass is 10.0. The molecular formula is C26H18N4O12S2. The highest BCUT2D eigenvalue weighted by atomic mass is 32.2. The van der Waals surface area contributed by atoms with Gasteiger partial charge in [-0.3, -0.25) is 9.11 Å². The average Bonchev–Trinajstić information content (AvgIpc) is 2.95. The van der Waals surface area contributed by atoms with E-state index in [4.69, 9.17) is 10.2 Å². The number of hydrogen-bond donors (Lipinski definition) is 6. The van der Waals surface area contributed by atoms with Gasteiger partial charge in [0.25, 0.3) is 20.2 Å². The summed E-state index contributed by atoms with van der Waals surface area (Å²) in [6.07, 6.45) is 0. The van der Waals surface area contributed by atoms with Crippen molar-refractivity contribution < 1.29 is 56.0 Å². The first-order chi connectivity index (χ1) is 20.5. The summed E-state index contributed by atoms with van der Waals surface area (Å²) in [6.45, 7) is 0. The largest absolute Gasteiger partial charge is 0.507 e. The maximum absolute atomic E-state index is 12.3. The second-order valence-corrected chi connectivity index (χ2v) is 11.5. The summed E-state index contributed by atoms with van der Waals surface area (Å²) in [5, 5.41) is 52.7. The monoisotopic (exact) mass is 642 g/mol. The normalized spacial score (nSPS) is 12.1. The number of carboxylic acid groups (broad SMARTS) is 2. The van der Waals surface area contributed by atoms with Crippen molar-refractivity contribution in [2.24, 2.45) is 20.5 Å². The summed E-state index contributed by atoms with van der Waals surface area (Å²) in [4.78, 5) is 20.8. The minimum Gasteiger partial charge on any atom is -0.507 e. The van der Waals surface area contributed by atoms with E-state index < -0.39 is 64.6 Å². The molecule has 6 N–H and O–H groups in total. The summed E-state index contributed by atoms with van der Waals surface area (Å²) in [7, 11) is -10.1. The maximum atomic E-state index is 12.3. The topological polar surface area (TPSA) is 273 Å². The molecule has 0 atom stereocenters. The Balaban J connectivity index is 1.77. The van der Waals surface area contributed by atoms with Crippen molar-refractivity contribution in [3.63, 3.8) is 0 Å². The van der Waals surface area contributed by atoms with Gasteiger partial charge in [0, 0.05) is 11.1 Å². The minimum absolute atomic E-state index is 0.0254. The zero-order valence-corrected chi connectivity index (χ0v) is 23.3. The fourth-order valence-electron chi connectivity index (χ4n) is 3.76. The molecule has 0 amide bonds. The Bertz CT molecular complexity index is 1960. The molecule has 44 heavy (non-hydrogen) atoms. The standard InChI is InChI=1S/C26H18N4O12S2/c31-21-7-3-13(9-19(21)25(33)34)27-29-15-1-5-17(23(11-15)43(37,38)39)18-6-2-16(12-24(18)44(40,41)42)30-28-14-4-8-22(32)20(10-14)26(35)36/h1-12,31-32H,(H,33,34)(H,35,36)(H,37,38,39)(H,40,41,42). The van der Waals surface area contributed by atoms with Crippen molar-refractivity contribution in [3.8, 4) is 22.6 Å². The van der Waals surface area contributed by atoms with E-state index in [-0.39, 0.29) is 33.9 Å². The molecule has 0 fully saturated rings. The number of rotatable bonds is 9. The SMILES string of the molecule is O=C(O)c1cc(N=Nc2ccc(-c3ccc(N=Nc4ccc(O)c(C(=O)O)c4)cc3S(=O)(=O)O)c(S(=O)(=O)O)c2)ccc1O. The minimum atomic E-state index is -5.04. The molecule has 4 aromatic carbocycles. The zero-order valence-electron chi connectivity index (χ0n) is 21.7. The molecule has 0 aliphatic carbocycles. The van der Waals surface area contributed by atoms with Gasteiger partial charge in [-0.25, -0.2) is 9.59 Å². The van der Waals surface area contributed by atoms with Crippen LogP contribution in [-0.2, 0) is 20.2 Å². The lowest BCUT2D eigenvalue weighted by Crippen LogP contribution is -2.05. The fourth-order valence-corrected chi connectivity index (χ4v) is 5.22. The van der Waals surface area contributed by atoms with Crippen LogP contribution in [0.15, 0.2) is 103 Å². The first kappa shape index (κ1) is 31.4. The Morgan fingerprint density at radius 2 is 0.795 bits per heavy atom. The molecule has 0 heterocycles. The first-order valence-electron chi connectivity index (χ1n) is 11.7. The van der Waals surface area contributed by atoms with Crippen molar-refractivity contribution in [1.29, 1.82) is 0 Å². The number of carbonyl (C=O) groups is 2. The van der Waals surface area contributed by atoms with E-state index in [1.165, 1.54) is 24.3 Å². The lowest BCUT2D eigenvalue weighted by molar-refractivity contribution is 0.0682. The van der Waals surface area contributed by atoms with Gasteiger partial charge >= 0.3 is 11.9 Å². The van der Waals surface area contributed by atoms with Gasteiger partial charge in [-0.2, -0.15) is 37.3 Å². The molecule has 0 saturated heterocycles. The third kappa shape index (κ3) is 7.07. The predicted molar refractivity (Wildman–Crippen MR) is 150 cm³/mol. The molecule has 0 radical (unpaired) electrons. The van der Waals surface area contributed by atoms with E-state index in [0.29, 0.717) is 0 Å². The van der Waals surface area contributed by atoms with Gasteiger partial charge in [0.15, 0.2) is 0 Å². The van der Waals surface area contributed by atoms with Crippen molar-refractivity contribution in [3.05, 3.63) is 83.9 Å². The molecule has 4 rings (SSSR count). The van der Waals surface area contributed by atoms with Gasteiger partial charge in [0.1, 0.15) is 32.4 Å². The second-order valence-electron chi connectivity index (χ2n) is 8.72. The number of nitrogens with zero attached hydrogens (tertiary/aromatic N) is 4. The summed E-state index contributed by atoms with van der Waals surface area (Å²) < 4.78 is 69.0. The predicted octanol–water partition coefficient (Wildman–Crippen LogP) is 5.49. The Hall–Kier alpha value is -5.56. The van der Waals surface area contributed by atoms with Crippen LogP contribution in [0.25, 0.3) is 11.1 Å². The number of phenols is 2. The molecule has 18 heteroatoms. The Kier molecular flexibility index (Phi) is 8.54. The van der Waals surface area contributed by atoms with Crippen molar-refractivity contribution in [2.45, 2.75) is 9.79 Å². The van der Waals surface area contributed by atoms with Crippen LogP contribution in [-0.4, -0.2) is 58.3 Å². The van der Waals surface area contributed by atoms with Gasteiger partial charge < -0.3 is 20.4 Å². The molecule has 0 aromatic heterocycles. The van der Waals surface area contributed by atoms with Crippen LogP contribution in [0.2, 0.25) is 0 Å². The van der Waals surface area contributed by atoms with Gasteiger partial charge in [0.2, 0.25) is 0 Å². The van der Waals surface area contributed by atoms with Crippen LogP contribution in [0, 0.1) is 0 Å². The van der Waals surface area contributed by atoms with Crippen molar-refractivity contribution in [2.75, 3.05) is 0 Å². The summed E-state index contributed by atoms with van der Waals surface area (Å²) >= 11 is 0. The highest BCUT2D eigenvalue weighted by molar-refractivity contribution is 7.86. The van der Waals surface area contributed by atoms with E-state index >= 15 is 0 Å². The molecule has 0 aliphatic heterocycles. The van der Waals surface area contributed by atoms with E-state index in [0.717, 1.165) is 48.5 Å². The van der Waals surface area contributed by atoms with Crippen LogP contribution in [0.5, 0.6) is 11.5 Å². The second kappa shape index (κ2) is 12.0. The molecule has 0 saturated carbocycles. The van der Waals surface area contributed by atoms with Gasteiger partial charge in [-0.1, -0.05) is 12.1 Å². The van der Waals surface area contributed by atoms with Gasteiger partial charge in [-0.05, 0) is 60.7 Å². The van der Waals surface area contributed by atoms with Crippen LogP contribution >= 0.6 is 0 Å². The smallest absolute Gasteiger partial charge is 0.339 e. The van der Waals surface area contributed by atoms with E-state index in [1.54, 1.807) is 0 Å². The fraction of sp³-hybridized carbons (Fsp3) is 0. The average molecular weight is 643 g/mol. The number of benzene rings is 4.